The molecule has 1 unspecified atom stereocenters. The number of hydrogen-bond acceptors (Lipinski definition) is 5. The predicted molar refractivity (Wildman–Crippen MR) is 120 cm³/mol. The lowest BCUT2D eigenvalue weighted by atomic mass is 9.98. The smallest absolute Gasteiger partial charge is 0.241 e. The Morgan fingerprint density at radius 3 is 2.50 bits per heavy atom. The highest BCUT2D eigenvalue weighted by atomic mass is 16.5. The number of rotatable bonds is 8. The van der Waals surface area contributed by atoms with E-state index in [4.69, 9.17) is 16.2 Å². The van der Waals surface area contributed by atoms with E-state index in [2.05, 4.69) is 4.98 Å². The number of ether oxygens (including phenoxy) is 1. The van der Waals surface area contributed by atoms with E-state index in [0.29, 0.717) is 0 Å². The van der Waals surface area contributed by atoms with Crippen molar-refractivity contribution in [1.82, 2.24) is 9.88 Å². The van der Waals surface area contributed by atoms with Crippen molar-refractivity contribution in [1.29, 1.82) is 0 Å². The van der Waals surface area contributed by atoms with E-state index in [-0.39, 0.29) is 31.8 Å². The van der Waals surface area contributed by atoms with Crippen LogP contribution in [0.1, 0.15) is 11.1 Å². The van der Waals surface area contributed by atoms with Crippen LogP contribution in [0.4, 0.5) is 0 Å². The van der Waals surface area contributed by atoms with Crippen molar-refractivity contribution in [2.24, 2.45) is 11.5 Å². The maximum absolute atomic E-state index is 13.5. The zero-order valence-corrected chi connectivity index (χ0v) is 17.6. The van der Waals surface area contributed by atoms with Gasteiger partial charge in [0.05, 0.1) is 12.6 Å². The summed E-state index contributed by atoms with van der Waals surface area (Å²) in [5, 5.41) is 0.971. The molecule has 1 fully saturated rings. The van der Waals surface area contributed by atoms with Crippen LogP contribution in [0.5, 0.6) is 0 Å². The molecule has 0 bridgehead atoms. The van der Waals surface area contributed by atoms with Gasteiger partial charge in [-0.15, -0.1) is 0 Å². The number of fused-ring (bicyclic) bond motifs is 1. The van der Waals surface area contributed by atoms with E-state index < -0.39 is 29.9 Å². The molecule has 4 rings (SSSR count). The van der Waals surface area contributed by atoms with Gasteiger partial charge in [-0.1, -0.05) is 48.5 Å². The standard InChI is InChI=1S/C24H26N4O4/c25-18(11-16-12-27-19-9-5-4-8-17(16)19)24(31)28(21-13-32-14-22(21)29)20(23(26)30)10-15-6-2-1-3-7-15/h1-9,12,18,20-21,27H,10-11,13-14,25H2,(H2,26,30)/t18-,20-,21?/m0/s1. The Kier molecular flexibility index (Phi) is 6.34. The molecule has 1 aromatic heterocycles. The SMILES string of the molecule is NC(=O)[C@H](Cc1ccccc1)N(C(=O)[C@@H](N)Cc1c[nH]c2ccccc12)C1COCC1=O. The van der Waals surface area contributed by atoms with Crippen LogP contribution in [0.25, 0.3) is 10.9 Å². The number of aromatic amines is 1. The molecule has 0 aliphatic carbocycles. The highest BCUT2D eigenvalue weighted by Crippen LogP contribution is 2.22. The quantitative estimate of drug-likeness (QED) is 0.485. The topological polar surface area (TPSA) is 132 Å². The monoisotopic (exact) mass is 434 g/mol. The number of nitrogens with one attached hydrogen (secondary N) is 1. The van der Waals surface area contributed by atoms with E-state index in [9.17, 15) is 14.4 Å². The van der Waals surface area contributed by atoms with E-state index in [1.807, 2.05) is 60.8 Å². The molecule has 166 valence electrons. The van der Waals surface area contributed by atoms with Gasteiger partial charge in [0, 0.05) is 23.5 Å². The summed E-state index contributed by atoms with van der Waals surface area (Å²) in [6, 6.07) is 14.1. The first-order chi connectivity index (χ1) is 15.5. The highest BCUT2D eigenvalue weighted by molar-refractivity contribution is 5.96. The Hall–Kier alpha value is -3.49. The largest absolute Gasteiger partial charge is 0.371 e. The van der Waals surface area contributed by atoms with Gasteiger partial charge in [0.15, 0.2) is 5.78 Å². The molecule has 2 heterocycles. The minimum absolute atomic E-state index is 0.0168. The van der Waals surface area contributed by atoms with E-state index >= 15 is 0 Å². The lowest BCUT2D eigenvalue weighted by molar-refractivity contribution is -0.146. The van der Waals surface area contributed by atoms with E-state index in [1.165, 1.54) is 4.90 Å². The van der Waals surface area contributed by atoms with Crippen LogP contribution < -0.4 is 11.5 Å². The van der Waals surface area contributed by atoms with Gasteiger partial charge in [0.25, 0.3) is 0 Å². The number of carbonyl (C=O) groups is 3. The molecule has 8 nitrogen and oxygen atoms in total. The summed E-state index contributed by atoms with van der Waals surface area (Å²) < 4.78 is 5.28. The second-order valence-electron chi connectivity index (χ2n) is 8.02. The van der Waals surface area contributed by atoms with Crippen molar-refractivity contribution >= 4 is 28.5 Å². The number of H-pyrrole nitrogens is 1. The molecular formula is C24H26N4O4. The average molecular weight is 434 g/mol. The molecule has 3 aromatic rings. The van der Waals surface area contributed by atoms with Gasteiger partial charge in [-0.3, -0.25) is 14.4 Å². The fourth-order valence-corrected chi connectivity index (χ4v) is 4.21. The second-order valence-corrected chi connectivity index (χ2v) is 8.02. The third kappa shape index (κ3) is 4.42. The number of nitrogens with zero attached hydrogens (tertiary/aromatic N) is 1. The molecule has 0 saturated carbocycles. The molecule has 1 aliphatic rings. The number of primary amides is 1. The van der Waals surface area contributed by atoms with Crippen LogP contribution in [-0.2, 0) is 32.0 Å². The summed E-state index contributed by atoms with van der Waals surface area (Å²) in [5.74, 6) is -1.46. The van der Waals surface area contributed by atoms with E-state index in [0.717, 1.165) is 22.0 Å². The number of nitrogens with two attached hydrogens (primary N) is 2. The number of ketones is 1. The highest BCUT2D eigenvalue weighted by Gasteiger charge is 2.42. The molecule has 0 spiro atoms. The van der Waals surface area contributed by atoms with Crippen molar-refractivity contribution in [2.75, 3.05) is 13.2 Å². The maximum atomic E-state index is 13.5. The van der Waals surface area contributed by atoms with Gasteiger partial charge in [0.1, 0.15) is 18.7 Å². The van der Waals surface area contributed by atoms with Crippen LogP contribution in [0.2, 0.25) is 0 Å². The van der Waals surface area contributed by atoms with Crippen LogP contribution in [-0.4, -0.2) is 58.8 Å². The number of amides is 2. The van der Waals surface area contributed by atoms with Gasteiger partial charge in [-0.2, -0.15) is 0 Å². The zero-order chi connectivity index (χ0) is 22.7. The molecule has 2 aromatic carbocycles. The van der Waals surface area contributed by atoms with Crippen molar-refractivity contribution in [3.05, 3.63) is 71.9 Å². The summed E-state index contributed by atoms with van der Waals surface area (Å²) in [7, 11) is 0. The molecular weight excluding hydrogens is 408 g/mol. The summed E-state index contributed by atoms with van der Waals surface area (Å²) in [5.41, 5.74) is 14.7. The zero-order valence-electron chi connectivity index (χ0n) is 17.6. The fourth-order valence-electron chi connectivity index (χ4n) is 4.21. The van der Waals surface area contributed by atoms with Crippen LogP contribution >= 0.6 is 0 Å². The number of hydrogen-bond donors (Lipinski definition) is 3. The van der Waals surface area contributed by atoms with Crippen molar-refractivity contribution in [2.45, 2.75) is 31.0 Å². The summed E-state index contributed by atoms with van der Waals surface area (Å²) in [6.45, 7) is -0.0914. The first-order valence-corrected chi connectivity index (χ1v) is 10.5. The fraction of sp³-hybridized carbons (Fsp3) is 0.292. The Labute approximate surface area is 185 Å². The molecule has 3 atom stereocenters. The second kappa shape index (κ2) is 9.33. The number of Topliss-reactive ketones (excluding diaryl/α,β-unsaturated/α-hetero) is 1. The maximum Gasteiger partial charge on any atom is 0.241 e. The van der Waals surface area contributed by atoms with Gasteiger partial charge < -0.3 is 26.1 Å². The van der Waals surface area contributed by atoms with Gasteiger partial charge in [-0.25, -0.2) is 0 Å². The number of benzene rings is 2. The van der Waals surface area contributed by atoms with Crippen LogP contribution in [0.3, 0.4) is 0 Å². The molecule has 32 heavy (non-hydrogen) atoms. The van der Waals surface area contributed by atoms with Crippen LogP contribution in [0, 0.1) is 0 Å². The summed E-state index contributed by atoms with van der Waals surface area (Å²) >= 11 is 0. The minimum Gasteiger partial charge on any atom is -0.371 e. The number of para-hydroxylation sites is 1. The van der Waals surface area contributed by atoms with Crippen molar-refractivity contribution in [3.63, 3.8) is 0 Å². The summed E-state index contributed by atoms with van der Waals surface area (Å²) in [4.78, 5) is 42.9. The van der Waals surface area contributed by atoms with Crippen molar-refractivity contribution < 1.29 is 19.1 Å². The van der Waals surface area contributed by atoms with Gasteiger partial charge in [-0.05, 0) is 23.6 Å². The summed E-state index contributed by atoms with van der Waals surface area (Å²) in [6.07, 6.45) is 2.25. The number of aromatic nitrogens is 1. The Balaban J connectivity index is 1.63. The van der Waals surface area contributed by atoms with Gasteiger partial charge >= 0.3 is 0 Å². The molecule has 8 heteroatoms. The van der Waals surface area contributed by atoms with Crippen LogP contribution in [0.15, 0.2) is 60.8 Å². The van der Waals surface area contributed by atoms with Crippen molar-refractivity contribution in [3.8, 4) is 0 Å². The Morgan fingerprint density at radius 1 is 1.09 bits per heavy atom. The van der Waals surface area contributed by atoms with Gasteiger partial charge in [0.2, 0.25) is 11.8 Å². The third-order valence-corrected chi connectivity index (χ3v) is 5.85. The lowest BCUT2D eigenvalue weighted by Gasteiger charge is -2.35. The van der Waals surface area contributed by atoms with E-state index in [1.54, 1.807) is 0 Å². The Morgan fingerprint density at radius 2 is 1.81 bits per heavy atom. The lowest BCUT2D eigenvalue weighted by Crippen LogP contribution is -2.60. The first-order valence-electron chi connectivity index (χ1n) is 10.5. The molecule has 1 aliphatic heterocycles. The molecule has 1 saturated heterocycles. The predicted octanol–water partition coefficient (Wildman–Crippen LogP) is 0.931. The molecule has 0 radical (unpaired) electrons. The normalized spacial score (nSPS) is 17.9. The number of carbonyl (C=O) groups excluding carboxylic acids is 3. The molecule has 2 amide bonds. The molecule has 5 N–H and O–H groups in total. The first kappa shape index (κ1) is 21.7. The average Bonchev–Trinajstić information content (AvgIpc) is 3.40. The minimum atomic E-state index is -1.02. The Bertz CT molecular complexity index is 1130. The third-order valence-electron chi connectivity index (χ3n) is 5.85.